The van der Waals surface area contributed by atoms with Gasteiger partial charge in [0.15, 0.2) is 5.65 Å². The van der Waals surface area contributed by atoms with E-state index in [1.807, 2.05) is 35.0 Å². The van der Waals surface area contributed by atoms with E-state index in [4.69, 9.17) is 9.84 Å². The van der Waals surface area contributed by atoms with Crippen LogP contribution in [-0.4, -0.2) is 61.3 Å². The van der Waals surface area contributed by atoms with Gasteiger partial charge in [-0.05, 0) is 50.7 Å². The lowest BCUT2D eigenvalue weighted by Gasteiger charge is -2.34. The molecule has 2 aliphatic rings. The molecule has 2 saturated carbocycles. The van der Waals surface area contributed by atoms with Crippen molar-refractivity contribution in [3.05, 3.63) is 48.5 Å². The molecule has 0 atom stereocenters. The Bertz CT molecular complexity index is 1450. The summed E-state index contributed by atoms with van der Waals surface area (Å²) < 4.78 is 9.16. The minimum absolute atomic E-state index is 0.259. The number of fused-ring (bicyclic) bond motifs is 2. The van der Waals surface area contributed by atoms with Gasteiger partial charge >= 0.3 is 0 Å². The standard InChI is InChI=1S/C26H29N7O3/c1-31(26(35)16-4-5-16)18-6-8-19(9-7-18)33-15-17-12-20(23(36-2)13-21(17)30-33)25(34)29-22-14-28-32-11-3-10-27-24(22)32/h3,10-16,18-19H,4-9H2,1-2H3,(H,29,34). The van der Waals surface area contributed by atoms with E-state index in [9.17, 15) is 9.59 Å². The maximum absolute atomic E-state index is 13.2. The molecule has 10 nitrogen and oxygen atoms in total. The molecule has 10 heteroatoms. The molecule has 3 aromatic heterocycles. The van der Waals surface area contributed by atoms with Crippen LogP contribution >= 0.6 is 0 Å². The summed E-state index contributed by atoms with van der Waals surface area (Å²) in [6.07, 6.45) is 13.0. The minimum Gasteiger partial charge on any atom is -0.496 e. The Hall–Kier alpha value is -3.95. The number of anilines is 1. The SMILES string of the molecule is COc1cc2nn(C3CCC(N(C)C(=O)C4CC4)CC3)cc2cc1C(=O)Nc1cnn2cccnc12. The zero-order chi connectivity index (χ0) is 24.8. The van der Waals surface area contributed by atoms with Gasteiger partial charge in [0.2, 0.25) is 5.91 Å². The first-order chi connectivity index (χ1) is 17.5. The molecule has 1 N–H and O–H groups in total. The van der Waals surface area contributed by atoms with Crippen molar-refractivity contribution < 1.29 is 14.3 Å². The van der Waals surface area contributed by atoms with Crippen LogP contribution in [0.4, 0.5) is 5.69 Å². The van der Waals surface area contributed by atoms with Gasteiger partial charge in [0.25, 0.3) is 5.91 Å². The first-order valence-corrected chi connectivity index (χ1v) is 12.4. The topological polar surface area (TPSA) is 107 Å². The molecule has 1 aromatic carbocycles. The van der Waals surface area contributed by atoms with Crippen molar-refractivity contribution in [3.63, 3.8) is 0 Å². The van der Waals surface area contributed by atoms with Crippen LogP contribution in [-0.2, 0) is 4.79 Å². The third-order valence-corrected chi connectivity index (χ3v) is 7.48. The molecule has 36 heavy (non-hydrogen) atoms. The molecule has 6 rings (SSSR count). The van der Waals surface area contributed by atoms with Gasteiger partial charge < -0.3 is 15.0 Å². The lowest BCUT2D eigenvalue weighted by molar-refractivity contribution is -0.134. The smallest absolute Gasteiger partial charge is 0.259 e. The fourth-order valence-electron chi connectivity index (χ4n) is 5.22. The van der Waals surface area contributed by atoms with Crippen LogP contribution in [0.2, 0.25) is 0 Å². The van der Waals surface area contributed by atoms with Gasteiger partial charge in [0.05, 0.1) is 30.4 Å². The van der Waals surface area contributed by atoms with E-state index in [0.717, 1.165) is 49.4 Å². The average Bonchev–Trinajstić information content (AvgIpc) is 3.56. The van der Waals surface area contributed by atoms with Crippen LogP contribution in [0, 0.1) is 5.92 Å². The second-order valence-corrected chi connectivity index (χ2v) is 9.81. The van der Waals surface area contributed by atoms with Crippen LogP contribution in [0.5, 0.6) is 5.75 Å². The number of nitrogens with one attached hydrogen (secondary N) is 1. The van der Waals surface area contributed by atoms with Crippen molar-refractivity contribution in [1.82, 2.24) is 29.3 Å². The summed E-state index contributed by atoms with van der Waals surface area (Å²) in [6, 6.07) is 5.98. The number of amides is 2. The van der Waals surface area contributed by atoms with Gasteiger partial charge in [-0.15, -0.1) is 0 Å². The van der Waals surface area contributed by atoms with Crippen molar-refractivity contribution in [1.29, 1.82) is 0 Å². The van der Waals surface area contributed by atoms with E-state index >= 15 is 0 Å². The molecular weight excluding hydrogens is 458 g/mol. The highest BCUT2D eigenvalue weighted by Crippen LogP contribution is 2.36. The number of nitrogens with zero attached hydrogens (tertiary/aromatic N) is 6. The van der Waals surface area contributed by atoms with Gasteiger partial charge in [0.1, 0.15) is 11.4 Å². The van der Waals surface area contributed by atoms with Gasteiger partial charge in [-0.25, -0.2) is 9.50 Å². The fraction of sp³-hybridized carbons (Fsp3) is 0.423. The predicted molar refractivity (Wildman–Crippen MR) is 134 cm³/mol. The Kier molecular flexibility index (Phi) is 5.58. The number of carbonyl (C=O) groups excluding carboxylic acids is 2. The molecular formula is C26H29N7O3. The minimum atomic E-state index is -0.300. The van der Waals surface area contributed by atoms with Crippen molar-refractivity contribution in [2.24, 2.45) is 5.92 Å². The number of ether oxygens (including phenoxy) is 1. The molecule has 4 aromatic rings. The molecule has 2 amide bonds. The van der Waals surface area contributed by atoms with Crippen molar-refractivity contribution >= 4 is 34.1 Å². The van der Waals surface area contributed by atoms with Gasteiger partial charge in [-0.1, -0.05) is 0 Å². The van der Waals surface area contributed by atoms with Gasteiger partial charge in [0, 0.05) is 49.1 Å². The van der Waals surface area contributed by atoms with Crippen LogP contribution in [0.15, 0.2) is 43.0 Å². The summed E-state index contributed by atoms with van der Waals surface area (Å²) in [5, 5.41) is 12.8. The number of methoxy groups -OCH3 is 1. The number of aromatic nitrogens is 5. The summed E-state index contributed by atoms with van der Waals surface area (Å²) in [7, 11) is 3.50. The molecule has 2 aliphatic carbocycles. The molecule has 186 valence electrons. The maximum atomic E-state index is 13.2. The molecule has 0 radical (unpaired) electrons. The van der Waals surface area contributed by atoms with Gasteiger partial charge in [-0.2, -0.15) is 10.2 Å². The summed E-state index contributed by atoms with van der Waals surface area (Å²) >= 11 is 0. The predicted octanol–water partition coefficient (Wildman–Crippen LogP) is 3.69. The Morgan fingerprint density at radius 1 is 1.14 bits per heavy atom. The highest BCUT2D eigenvalue weighted by Gasteiger charge is 2.36. The number of rotatable bonds is 6. The van der Waals surface area contributed by atoms with Crippen LogP contribution < -0.4 is 10.1 Å². The third-order valence-electron chi connectivity index (χ3n) is 7.48. The quantitative estimate of drug-likeness (QED) is 0.445. The molecule has 0 saturated heterocycles. The Balaban J connectivity index is 1.20. The van der Waals surface area contributed by atoms with Crippen molar-refractivity contribution in [2.75, 3.05) is 19.5 Å². The molecule has 0 spiro atoms. The zero-order valence-electron chi connectivity index (χ0n) is 20.4. The van der Waals surface area contributed by atoms with Crippen LogP contribution in [0.1, 0.15) is 54.9 Å². The first-order valence-electron chi connectivity index (χ1n) is 12.4. The van der Waals surface area contributed by atoms with E-state index in [1.54, 1.807) is 36.3 Å². The second-order valence-electron chi connectivity index (χ2n) is 9.81. The number of benzene rings is 1. The highest BCUT2D eigenvalue weighted by atomic mass is 16.5. The lowest BCUT2D eigenvalue weighted by atomic mass is 9.90. The lowest BCUT2D eigenvalue weighted by Crippen LogP contribution is -2.40. The summed E-state index contributed by atoms with van der Waals surface area (Å²) in [6.45, 7) is 0. The molecule has 0 aliphatic heterocycles. The summed E-state index contributed by atoms with van der Waals surface area (Å²) in [5.74, 6) is 0.722. The molecule has 0 bridgehead atoms. The van der Waals surface area contributed by atoms with E-state index in [0.29, 0.717) is 34.6 Å². The maximum Gasteiger partial charge on any atom is 0.259 e. The summed E-state index contributed by atoms with van der Waals surface area (Å²) in [5.41, 5.74) is 2.30. The van der Waals surface area contributed by atoms with E-state index in [-0.39, 0.29) is 17.9 Å². The zero-order valence-corrected chi connectivity index (χ0v) is 20.4. The van der Waals surface area contributed by atoms with Gasteiger partial charge in [-0.3, -0.25) is 14.3 Å². The Morgan fingerprint density at radius 3 is 2.69 bits per heavy atom. The Morgan fingerprint density at radius 2 is 1.94 bits per heavy atom. The normalized spacial score (nSPS) is 19.9. The van der Waals surface area contributed by atoms with Crippen molar-refractivity contribution in [3.8, 4) is 5.75 Å². The molecule has 0 unspecified atom stereocenters. The number of hydrogen-bond acceptors (Lipinski definition) is 6. The van der Waals surface area contributed by atoms with Crippen molar-refractivity contribution in [2.45, 2.75) is 50.6 Å². The number of hydrogen-bond donors (Lipinski definition) is 1. The largest absolute Gasteiger partial charge is 0.496 e. The van der Waals surface area contributed by atoms with E-state index in [1.165, 1.54) is 0 Å². The highest BCUT2D eigenvalue weighted by molar-refractivity contribution is 6.09. The average molecular weight is 488 g/mol. The first kappa shape index (κ1) is 22.5. The monoisotopic (exact) mass is 487 g/mol. The second kappa shape index (κ2) is 8.92. The van der Waals surface area contributed by atoms with Crippen LogP contribution in [0.3, 0.4) is 0 Å². The van der Waals surface area contributed by atoms with E-state index < -0.39 is 0 Å². The van der Waals surface area contributed by atoms with E-state index in [2.05, 4.69) is 15.4 Å². The molecule has 2 fully saturated rings. The number of carbonyl (C=O) groups is 2. The third kappa shape index (κ3) is 4.06. The fourth-order valence-corrected chi connectivity index (χ4v) is 5.22. The Labute approximate surface area is 208 Å². The summed E-state index contributed by atoms with van der Waals surface area (Å²) in [4.78, 5) is 31.9. The van der Waals surface area contributed by atoms with Crippen LogP contribution in [0.25, 0.3) is 16.6 Å². The molecule has 3 heterocycles.